The second-order valence-corrected chi connectivity index (χ2v) is 6.81. The van der Waals surface area contributed by atoms with Crippen LogP contribution in [0.2, 0.25) is 0 Å². The zero-order chi connectivity index (χ0) is 17.5. The second kappa shape index (κ2) is 6.21. The maximum Gasteiger partial charge on any atom is 0.415 e. The maximum atomic E-state index is 12.5. The quantitative estimate of drug-likeness (QED) is 0.889. The molecule has 0 saturated carbocycles. The van der Waals surface area contributed by atoms with Crippen LogP contribution >= 0.6 is 11.3 Å². The molecule has 0 aliphatic carbocycles. The molecule has 2 rings (SSSR count). The molecule has 2 aromatic heterocycles. The number of nitrogen functional groups attached to an aromatic ring is 1. The predicted molar refractivity (Wildman–Crippen MR) is 84.4 cm³/mol. The first-order chi connectivity index (χ1) is 10.5. The number of thiophene rings is 1. The number of anilines is 1. The third-order valence-corrected chi connectivity index (χ3v) is 5.05. The topological polar surface area (TPSA) is 75.3 Å². The molecule has 128 valence electrons. The number of aliphatic hydroxyl groups excluding tert-OH is 1. The van der Waals surface area contributed by atoms with Gasteiger partial charge in [0.25, 0.3) is 0 Å². The minimum Gasteiger partial charge on any atom is -0.383 e. The number of alkyl halides is 3. The summed E-state index contributed by atoms with van der Waals surface area (Å²) < 4.78 is 37.4. The number of halogens is 3. The number of nitrogens with zero attached hydrogens (tertiary/aromatic N) is 3. The molecule has 0 aliphatic heterocycles. The van der Waals surface area contributed by atoms with E-state index in [1.54, 1.807) is 6.92 Å². The van der Waals surface area contributed by atoms with E-state index >= 15 is 0 Å². The van der Waals surface area contributed by atoms with Crippen molar-refractivity contribution in [1.29, 1.82) is 0 Å². The lowest BCUT2D eigenvalue weighted by Gasteiger charge is -2.26. The third kappa shape index (κ3) is 3.56. The molecule has 9 heteroatoms. The molecule has 2 atom stereocenters. The van der Waals surface area contributed by atoms with Crippen LogP contribution in [0.1, 0.15) is 29.2 Å². The van der Waals surface area contributed by atoms with Crippen LogP contribution in [-0.4, -0.2) is 45.8 Å². The molecule has 0 spiro atoms. The van der Waals surface area contributed by atoms with Crippen LogP contribution in [0.4, 0.5) is 19.0 Å². The van der Waals surface area contributed by atoms with Crippen molar-refractivity contribution in [3.05, 3.63) is 16.3 Å². The lowest BCUT2D eigenvalue weighted by atomic mass is 10.2. The van der Waals surface area contributed by atoms with Crippen molar-refractivity contribution < 1.29 is 18.3 Å². The van der Waals surface area contributed by atoms with Crippen molar-refractivity contribution in [3.8, 4) is 0 Å². The summed E-state index contributed by atoms with van der Waals surface area (Å²) in [4.78, 5) is 11.8. The van der Waals surface area contributed by atoms with E-state index in [1.165, 1.54) is 23.3 Å². The first-order valence-electron chi connectivity index (χ1n) is 7.00. The minimum atomic E-state index is -4.65. The highest BCUT2D eigenvalue weighted by Crippen LogP contribution is 2.33. The van der Waals surface area contributed by atoms with Gasteiger partial charge in [-0.15, -0.1) is 11.3 Å². The fraction of sp³-hybridized carbons (Fsp3) is 0.571. The van der Waals surface area contributed by atoms with Crippen molar-refractivity contribution >= 4 is 27.4 Å². The van der Waals surface area contributed by atoms with Crippen LogP contribution < -0.4 is 5.73 Å². The minimum absolute atomic E-state index is 0.323. The van der Waals surface area contributed by atoms with Gasteiger partial charge in [0, 0.05) is 11.4 Å². The molecule has 0 radical (unpaired) electrons. The van der Waals surface area contributed by atoms with Gasteiger partial charge in [-0.25, -0.2) is 9.97 Å². The molecule has 5 nitrogen and oxygen atoms in total. The molecule has 0 saturated heterocycles. The Balaban J connectivity index is 2.29. The highest BCUT2D eigenvalue weighted by atomic mass is 32.1. The highest BCUT2D eigenvalue weighted by Gasteiger charge is 2.39. The Morgan fingerprint density at radius 2 is 1.91 bits per heavy atom. The van der Waals surface area contributed by atoms with Crippen molar-refractivity contribution in [2.75, 3.05) is 19.3 Å². The van der Waals surface area contributed by atoms with E-state index in [-0.39, 0.29) is 0 Å². The van der Waals surface area contributed by atoms with Crippen LogP contribution in [0.25, 0.3) is 10.2 Å². The molecule has 2 heterocycles. The van der Waals surface area contributed by atoms with Crippen LogP contribution in [0, 0.1) is 13.8 Å². The van der Waals surface area contributed by atoms with Gasteiger partial charge >= 0.3 is 6.18 Å². The van der Waals surface area contributed by atoms with E-state index in [4.69, 9.17) is 5.73 Å². The van der Waals surface area contributed by atoms with Crippen molar-refractivity contribution in [3.63, 3.8) is 0 Å². The standard InChI is InChI=1S/C14H19F3N4OS/c1-6-8(3)23-13-10(6)11(18)19-12(20-13)7(2)21(4)5-9(22)14(15,16)17/h7,9,22H,5H2,1-4H3,(H2,18,19,20). The first-order valence-corrected chi connectivity index (χ1v) is 7.82. The first kappa shape index (κ1) is 17.9. The van der Waals surface area contributed by atoms with Gasteiger partial charge in [-0.2, -0.15) is 13.2 Å². The van der Waals surface area contributed by atoms with Crippen LogP contribution in [0.3, 0.4) is 0 Å². The zero-order valence-corrected chi connectivity index (χ0v) is 14.1. The number of hydrogen-bond donors (Lipinski definition) is 2. The molecule has 0 amide bonds. The van der Waals surface area contributed by atoms with E-state index in [1.807, 2.05) is 13.8 Å². The number of hydrogen-bond acceptors (Lipinski definition) is 6. The number of aryl methyl sites for hydroxylation is 2. The van der Waals surface area contributed by atoms with Crippen LogP contribution in [0.15, 0.2) is 0 Å². The largest absolute Gasteiger partial charge is 0.415 e. The Kier molecular flexibility index (Phi) is 4.84. The Morgan fingerprint density at radius 1 is 1.30 bits per heavy atom. The summed E-state index contributed by atoms with van der Waals surface area (Å²) in [7, 11) is 1.48. The normalized spacial score (nSPS) is 15.3. The maximum absolute atomic E-state index is 12.5. The van der Waals surface area contributed by atoms with E-state index in [0.29, 0.717) is 11.6 Å². The molecule has 0 fully saturated rings. The van der Waals surface area contributed by atoms with Gasteiger partial charge in [0.15, 0.2) is 6.10 Å². The molecule has 0 aromatic carbocycles. The Labute approximate surface area is 136 Å². The molecule has 0 aliphatic rings. The molecule has 3 N–H and O–H groups in total. The summed E-state index contributed by atoms with van der Waals surface area (Å²) in [5, 5.41) is 9.98. The summed E-state index contributed by atoms with van der Waals surface area (Å²) in [6.45, 7) is 5.00. The summed E-state index contributed by atoms with van der Waals surface area (Å²) >= 11 is 1.48. The number of fused-ring (bicyclic) bond motifs is 1. The molecule has 2 aromatic rings. The number of likely N-dealkylation sites (N-methyl/N-ethyl adjacent to an activating group) is 1. The summed E-state index contributed by atoms with van der Waals surface area (Å²) in [5.74, 6) is 0.664. The van der Waals surface area contributed by atoms with Gasteiger partial charge in [0.1, 0.15) is 16.5 Å². The van der Waals surface area contributed by atoms with Gasteiger partial charge < -0.3 is 10.8 Å². The highest BCUT2D eigenvalue weighted by molar-refractivity contribution is 7.18. The average molecular weight is 348 g/mol. The number of nitrogens with two attached hydrogens (primary N) is 1. The summed E-state index contributed by atoms with van der Waals surface area (Å²) in [5.41, 5.74) is 7.00. The van der Waals surface area contributed by atoms with Gasteiger partial charge in [0.05, 0.1) is 11.4 Å². The van der Waals surface area contributed by atoms with Crippen molar-refractivity contribution in [2.24, 2.45) is 0 Å². The summed E-state index contributed by atoms with van der Waals surface area (Å²) in [6.07, 6.45) is -7.07. The Hall–Kier alpha value is -1.45. The lowest BCUT2D eigenvalue weighted by molar-refractivity contribution is -0.208. The van der Waals surface area contributed by atoms with E-state index in [2.05, 4.69) is 9.97 Å². The molecular formula is C14H19F3N4OS. The zero-order valence-electron chi connectivity index (χ0n) is 13.3. The monoisotopic (exact) mass is 348 g/mol. The van der Waals surface area contributed by atoms with Crippen LogP contribution in [0.5, 0.6) is 0 Å². The third-order valence-electron chi connectivity index (χ3n) is 3.95. The van der Waals surface area contributed by atoms with Gasteiger partial charge in [-0.05, 0) is 33.4 Å². The van der Waals surface area contributed by atoms with Gasteiger partial charge in [0.2, 0.25) is 0 Å². The van der Waals surface area contributed by atoms with Crippen molar-refractivity contribution in [1.82, 2.24) is 14.9 Å². The average Bonchev–Trinajstić information content (AvgIpc) is 2.72. The van der Waals surface area contributed by atoms with E-state index in [9.17, 15) is 18.3 Å². The molecule has 23 heavy (non-hydrogen) atoms. The van der Waals surface area contributed by atoms with Gasteiger partial charge in [-0.3, -0.25) is 4.90 Å². The molecule has 0 bridgehead atoms. The van der Waals surface area contributed by atoms with Crippen LogP contribution in [-0.2, 0) is 0 Å². The number of rotatable bonds is 4. The fourth-order valence-corrected chi connectivity index (χ4v) is 3.26. The van der Waals surface area contributed by atoms with E-state index in [0.717, 1.165) is 20.7 Å². The SMILES string of the molecule is Cc1sc2nc(C(C)N(C)CC(O)C(F)(F)F)nc(N)c2c1C. The fourth-order valence-electron chi connectivity index (χ4n) is 2.22. The number of aliphatic hydroxyl groups is 1. The predicted octanol–water partition coefficient (Wildman–Crippen LogP) is 2.81. The molecule has 2 unspecified atom stereocenters. The van der Waals surface area contributed by atoms with Crippen molar-refractivity contribution in [2.45, 2.75) is 39.1 Å². The Bertz CT molecular complexity index is 716. The Morgan fingerprint density at radius 3 is 2.48 bits per heavy atom. The smallest absolute Gasteiger partial charge is 0.383 e. The summed E-state index contributed by atoms with van der Waals surface area (Å²) in [6, 6.07) is -0.513. The van der Waals surface area contributed by atoms with Gasteiger partial charge in [-0.1, -0.05) is 0 Å². The lowest BCUT2D eigenvalue weighted by Crippen LogP contribution is -2.40. The van der Waals surface area contributed by atoms with E-state index < -0.39 is 24.9 Å². The second-order valence-electron chi connectivity index (χ2n) is 5.60. The molecular weight excluding hydrogens is 329 g/mol. The number of aromatic nitrogens is 2.